The van der Waals surface area contributed by atoms with Crippen molar-refractivity contribution in [2.45, 2.75) is 6.92 Å². The number of methoxy groups -OCH3 is 2. The summed E-state index contributed by atoms with van der Waals surface area (Å²) in [5, 5.41) is 2.99. The number of hydrogen-bond acceptors (Lipinski definition) is 5. The molecule has 0 aliphatic carbocycles. The van der Waals surface area contributed by atoms with Gasteiger partial charge in [0.1, 0.15) is 16.5 Å². The maximum atomic E-state index is 5.98. The van der Waals surface area contributed by atoms with Crippen molar-refractivity contribution in [3.05, 3.63) is 47.3 Å². The first-order chi connectivity index (χ1) is 11.1. The number of nitrogen functional groups attached to an aromatic ring is 1. The molecule has 0 amide bonds. The molecule has 5 heteroatoms. The van der Waals surface area contributed by atoms with Gasteiger partial charge in [-0.25, -0.2) is 4.98 Å². The Labute approximate surface area is 139 Å². The average molecular weight is 326 g/mol. The fraction of sp³-hybridized carbons (Fsp3) is 0.167. The predicted molar refractivity (Wildman–Crippen MR) is 95.2 cm³/mol. The fourth-order valence-electron chi connectivity index (χ4n) is 2.44. The molecule has 2 N–H and O–H groups in total. The van der Waals surface area contributed by atoms with Crippen molar-refractivity contribution >= 4 is 17.0 Å². The van der Waals surface area contributed by atoms with E-state index in [0.29, 0.717) is 11.4 Å². The smallest absolute Gasteiger partial charge is 0.141 e. The summed E-state index contributed by atoms with van der Waals surface area (Å²) >= 11 is 1.60. The molecule has 3 rings (SSSR count). The van der Waals surface area contributed by atoms with E-state index in [4.69, 9.17) is 20.2 Å². The summed E-state index contributed by atoms with van der Waals surface area (Å²) in [5.41, 5.74) is 10.7. The van der Waals surface area contributed by atoms with Crippen LogP contribution in [0, 0.1) is 6.92 Å². The molecule has 0 saturated heterocycles. The summed E-state index contributed by atoms with van der Waals surface area (Å²) < 4.78 is 10.5. The number of hydrogen-bond donors (Lipinski definition) is 1. The van der Waals surface area contributed by atoms with Gasteiger partial charge < -0.3 is 15.2 Å². The third-order valence-corrected chi connectivity index (χ3v) is 4.56. The van der Waals surface area contributed by atoms with Crippen LogP contribution in [0.2, 0.25) is 0 Å². The van der Waals surface area contributed by atoms with Crippen LogP contribution in [0.15, 0.2) is 41.8 Å². The first-order valence-electron chi connectivity index (χ1n) is 7.17. The first-order valence-corrected chi connectivity index (χ1v) is 8.04. The van der Waals surface area contributed by atoms with Gasteiger partial charge in [-0.05, 0) is 48.9 Å². The Morgan fingerprint density at radius 2 is 1.65 bits per heavy atom. The van der Waals surface area contributed by atoms with Gasteiger partial charge in [0.15, 0.2) is 0 Å². The number of ether oxygens (including phenoxy) is 2. The molecule has 0 aliphatic heterocycles. The number of rotatable bonds is 4. The molecule has 0 radical (unpaired) electrons. The molecule has 0 bridgehead atoms. The molecule has 0 aliphatic rings. The molecule has 118 valence electrons. The van der Waals surface area contributed by atoms with Crippen molar-refractivity contribution in [1.82, 2.24) is 4.98 Å². The lowest BCUT2D eigenvalue weighted by Crippen LogP contribution is -1.92. The van der Waals surface area contributed by atoms with Gasteiger partial charge >= 0.3 is 0 Å². The topological polar surface area (TPSA) is 57.4 Å². The van der Waals surface area contributed by atoms with Crippen molar-refractivity contribution in [3.63, 3.8) is 0 Å². The molecular weight excluding hydrogens is 308 g/mol. The van der Waals surface area contributed by atoms with Gasteiger partial charge in [0.25, 0.3) is 0 Å². The largest absolute Gasteiger partial charge is 0.496 e. The van der Waals surface area contributed by atoms with Crippen LogP contribution in [0.3, 0.4) is 0 Å². The summed E-state index contributed by atoms with van der Waals surface area (Å²) in [4.78, 5) is 4.73. The molecular formula is C18H18N2O2S. The second-order valence-corrected chi connectivity index (χ2v) is 6.04. The molecule has 4 nitrogen and oxygen atoms in total. The number of benzene rings is 2. The zero-order valence-corrected chi connectivity index (χ0v) is 14.1. The van der Waals surface area contributed by atoms with Crippen molar-refractivity contribution in [3.8, 4) is 33.3 Å². The summed E-state index contributed by atoms with van der Waals surface area (Å²) in [6.45, 7) is 2.03. The third-order valence-electron chi connectivity index (χ3n) is 3.67. The summed E-state index contributed by atoms with van der Waals surface area (Å²) in [6.07, 6.45) is 0. The highest BCUT2D eigenvalue weighted by molar-refractivity contribution is 7.13. The molecule has 0 fully saturated rings. The highest BCUT2D eigenvalue weighted by atomic mass is 32.1. The zero-order valence-electron chi connectivity index (χ0n) is 13.3. The van der Waals surface area contributed by atoms with Crippen molar-refractivity contribution in [2.75, 3.05) is 20.0 Å². The minimum absolute atomic E-state index is 0.613. The van der Waals surface area contributed by atoms with Crippen LogP contribution in [-0.2, 0) is 0 Å². The van der Waals surface area contributed by atoms with Crippen molar-refractivity contribution in [1.29, 1.82) is 0 Å². The number of nitrogens with zero attached hydrogens (tertiary/aromatic N) is 1. The van der Waals surface area contributed by atoms with Gasteiger partial charge in [-0.3, -0.25) is 0 Å². The SMILES string of the molecule is COc1ccc(-c2csc(-c3ccc(OC)c(N)c3)n2)cc1C. The number of anilines is 1. The van der Waals surface area contributed by atoms with Crippen LogP contribution in [0.4, 0.5) is 5.69 Å². The standard InChI is InChI=1S/C18H18N2O2S/c1-11-8-12(4-6-16(11)21-2)15-10-23-18(20-15)13-5-7-17(22-3)14(19)9-13/h4-10H,19H2,1-3H3. The van der Waals surface area contributed by atoms with E-state index in [1.807, 2.05) is 37.3 Å². The van der Waals surface area contributed by atoms with Crippen LogP contribution in [-0.4, -0.2) is 19.2 Å². The lowest BCUT2D eigenvalue weighted by Gasteiger charge is -2.06. The molecule has 23 heavy (non-hydrogen) atoms. The normalized spacial score (nSPS) is 10.6. The molecule has 3 aromatic rings. The number of thiazole rings is 1. The molecule has 2 aromatic carbocycles. The Bertz CT molecular complexity index is 775. The van der Waals surface area contributed by atoms with Gasteiger partial charge in [-0.1, -0.05) is 0 Å². The van der Waals surface area contributed by atoms with E-state index in [9.17, 15) is 0 Å². The zero-order chi connectivity index (χ0) is 16.4. The van der Waals surface area contributed by atoms with E-state index in [-0.39, 0.29) is 0 Å². The van der Waals surface area contributed by atoms with E-state index < -0.39 is 0 Å². The Morgan fingerprint density at radius 3 is 2.30 bits per heavy atom. The quantitative estimate of drug-likeness (QED) is 0.723. The fourth-order valence-corrected chi connectivity index (χ4v) is 3.27. The highest BCUT2D eigenvalue weighted by Crippen LogP contribution is 2.33. The Balaban J connectivity index is 1.94. The Kier molecular flexibility index (Phi) is 4.21. The number of aryl methyl sites for hydroxylation is 1. The second-order valence-electron chi connectivity index (χ2n) is 5.18. The summed E-state index contributed by atoms with van der Waals surface area (Å²) in [7, 11) is 3.29. The van der Waals surface area contributed by atoms with Gasteiger partial charge in [-0.15, -0.1) is 11.3 Å². The Morgan fingerprint density at radius 1 is 0.957 bits per heavy atom. The third kappa shape index (κ3) is 3.00. The first kappa shape index (κ1) is 15.4. The van der Waals surface area contributed by atoms with Crippen LogP contribution in [0.5, 0.6) is 11.5 Å². The maximum absolute atomic E-state index is 5.98. The van der Waals surface area contributed by atoms with Crippen LogP contribution >= 0.6 is 11.3 Å². The van der Waals surface area contributed by atoms with E-state index >= 15 is 0 Å². The molecule has 0 atom stereocenters. The minimum atomic E-state index is 0.613. The predicted octanol–water partition coefficient (Wildman–Crippen LogP) is 4.38. The molecule has 0 unspecified atom stereocenters. The van der Waals surface area contributed by atoms with E-state index in [0.717, 1.165) is 33.1 Å². The van der Waals surface area contributed by atoms with Gasteiger partial charge in [-0.2, -0.15) is 0 Å². The molecule has 0 saturated carbocycles. The van der Waals surface area contributed by atoms with Crippen molar-refractivity contribution in [2.24, 2.45) is 0 Å². The van der Waals surface area contributed by atoms with E-state index in [2.05, 4.69) is 11.4 Å². The van der Waals surface area contributed by atoms with Crippen molar-refractivity contribution < 1.29 is 9.47 Å². The van der Waals surface area contributed by atoms with Crippen LogP contribution < -0.4 is 15.2 Å². The molecule has 1 aromatic heterocycles. The lowest BCUT2D eigenvalue weighted by atomic mass is 10.1. The maximum Gasteiger partial charge on any atom is 0.141 e. The minimum Gasteiger partial charge on any atom is -0.496 e. The second kappa shape index (κ2) is 6.30. The highest BCUT2D eigenvalue weighted by Gasteiger charge is 2.10. The van der Waals surface area contributed by atoms with Crippen LogP contribution in [0.25, 0.3) is 21.8 Å². The molecule has 0 spiro atoms. The summed E-state index contributed by atoms with van der Waals surface area (Å²) in [5.74, 6) is 1.56. The number of aromatic nitrogens is 1. The van der Waals surface area contributed by atoms with E-state index in [1.165, 1.54) is 0 Å². The van der Waals surface area contributed by atoms with Gasteiger partial charge in [0, 0.05) is 16.5 Å². The average Bonchev–Trinajstić information content (AvgIpc) is 3.04. The lowest BCUT2D eigenvalue weighted by molar-refractivity contribution is 0.412. The number of nitrogens with two attached hydrogens (primary N) is 1. The Hall–Kier alpha value is -2.53. The van der Waals surface area contributed by atoms with Gasteiger partial charge in [0.2, 0.25) is 0 Å². The van der Waals surface area contributed by atoms with Crippen LogP contribution in [0.1, 0.15) is 5.56 Å². The summed E-state index contributed by atoms with van der Waals surface area (Å²) in [6, 6.07) is 11.8. The van der Waals surface area contributed by atoms with E-state index in [1.54, 1.807) is 25.6 Å². The monoisotopic (exact) mass is 326 g/mol. The molecule has 1 heterocycles. The van der Waals surface area contributed by atoms with Gasteiger partial charge in [0.05, 0.1) is 25.6 Å².